The van der Waals surface area contributed by atoms with E-state index in [9.17, 15) is 17.2 Å². The maximum absolute atomic E-state index is 14.3. The third-order valence-corrected chi connectivity index (χ3v) is 8.06. The van der Waals surface area contributed by atoms with Crippen LogP contribution in [-0.4, -0.2) is 53.2 Å². The molecule has 1 aliphatic heterocycles. The molecule has 0 bridgehead atoms. The predicted octanol–water partition coefficient (Wildman–Crippen LogP) is 1.84. The molecule has 0 aliphatic carbocycles. The molecule has 180 valence electrons. The van der Waals surface area contributed by atoms with Crippen molar-refractivity contribution in [1.29, 1.82) is 0 Å². The van der Waals surface area contributed by atoms with Crippen molar-refractivity contribution in [3.05, 3.63) is 77.9 Å². The van der Waals surface area contributed by atoms with Crippen LogP contribution in [0, 0.1) is 11.6 Å². The molecule has 1 unspecified atom stereocenters. The molecule has 1 fully saturated rings. The maximum Gasteiger partial charge on any atom is 0.246 e. The number of hydrogen-bond acceptors (Lipinski definition) is 6. The molecule has 4 aromatic rings. The Hall–Kier alpha value is -3.38. The van der Waals surface area contributed by atoms with Crippen LogP contribution in [0.15, 0.2) is 59.9 Å². The van der Waals surface area contributed by atoms with Crippen LogP contribution in [0.1, 0.15) is 30.0 Å². The van der Waals surface area contributed by atoms with Crippen LogP contribution < -0.4 is 10.8 Å². The summed E-state index contributed by atoms with van der Waals surface area (Å²) in [7, 11) is -2.29. The minimum absolute atomic E-state index is 0.122. The lowest BCUT2D eigenvalue weighted by Gasteiger charge is -2.32. The van der Waals surface area contributed by atoms with Crippen molar-refractivity contribution in [2.75, 3.05) is 18.4 Å². The molecule has 1 aromatic carbocycles. The summed E-state index contributed by atoms with van der Waals surface area (Å²) < 4.78 is 57.2. The van der Waals surface area contributed by atoms with Crippen LogP contribution in [0.4, 0.5) is 14.6 Å². The second kappa shape index (κ2) is 9.35. The highest BCUT2D eigenvalue weighted by molar-refractivity contribution is 7.89. The molecular weight excluding hydrogens is 473 g/mol. The fourth-order valence-corrected chi connectivity index (χ4v) is 5.94. The summed E-state index contributed by atoms with van der Waals surface area (Å²) in [6.07, 6.45) is 6.50. The van der Waals surface area contributed by atoms with Crippen molar-refractivity contribution in [2.24, 2.45) is 0 Å². The minimum Gasteiger partial charge on any atom is -0.366 e. The summed E-state index contributed by atoms with van der Waals surface area (Å²) >= 11 is 0. The highest BCUT2D eigenvalue weighted by atomic mass is 32.2. The zero-order valence-corrected chi connectivity index (χ0v) is 19.8. The highest BCUT2D eigenvalue weighted by Gasteiger charge is 2.34. The Morgan fingerprint density at radius 2 is 2.03 bits per heavy atom. The summed E-state index contributed by atoms with van der Waals surface area (Å²) in [5.74, 6) is -1.26. The molecule has 1 aliphatic rings. The average molecular weight is 496 g/mol. The smallest absolute Gasteiger partial charge is 0.246 e. The Labute approximate surface area is 202 Å². The van der Waals surface area contributed by atoms with Gasteiger partial charge in [0.05, 0.1) is 5.69 Å². The number of hydrogen-bond donors (Lipinski definition) is 1. The molecule has 8 nitrogen and oxygen atoms in total. The second-order valence-electron chi connectivity index (χ2n) is 8.62. The summed E-state index contributed by atoms with van der Waals surface area (Å²) in [5.41, 5.74) is 3.27. The predicted molar refractivity (Wildman–Crippen MR) is 130 cm³/mol. The standard InChI is InChI=1S/C23H23BF2N6O2S/c24-18-13-29-32-22(28-12-15-3-1-7-27-11-15)10-20(30-23(18)32)16-4-2-8-31(14-16)35(33,34)21-9-17(25)5-6-19(21)26/h1,3,5-7,9-11,13,16,28H,2,4,8,12,14,24H2. The Balaban J connectivity index is 1.45. The number of nitrogens with one attached hydrogen (secondary N) is 1. The SMILES string of the molecule is Bc1cnn2c(NCc3cccnc3)cc(C3CCCN(S(=O)(=O)c4cc(F)ccc4F)C3)nc12. The number of halogens is 2. The van der Waals surface area contributed by atoms with Crippen molar-refractivity contribution >= 4 is 34.8 Å². The largest absolute Gasteiger partial charge is 0.366 e. The normalized spacial score (nSPS) is 17.0. The lowest BCUT2D eigenvalue weighted by molar-refractivity contribution is 0.311. The second-order valence-corrected chi connectivity index (χ2v) is 10.5. The van der Waals surface area contributed by atoms with Gasteiger partial charge in [0.2, 0.25) is 10.0 Å². The van der Waals surface area contributed by atoms with E-state index >= 15 is 0 Å². The van der Waals surface area contributed by atoms with Gasteiger partial charge in [-0.1, -0.05) is 6.07 Å². The van der Waals surface area contributed by atoms with E-state index in [0.29, 0.717) is 18.6 Å². The molecule has 0 amide bonds. The summed E-state index contributed by atoms with van der Waals surface area (Å²) in [5, 5.41) is 7.80. The summed E-state index contributed by atoms with van der Waals surface area (Å²) in [4.78, 5) is 8.28. The molecule has 1 atom stereocenters. The van der Waals surface area contributed by atoms with Gasteiger partial charge in [0.1, 0.15) is 30.2 Å². The first-order valence-corrected chi connectivity index (χ1v) is 12.7. The molecule has 12 heteroatoms. The van der Waals surface area contributed by atoms with Crippen molar-refractivity contribution < 1.29 is 17.2 Å². The van der Waals surface area contributed by atoms with E-state index in [0.717, 1.165) is 47.2 Å². The van der Waals surface area contributed by atoms with Gasteiger partial charge < -0.3 is 5.32 Å². The Morgan fingerprint density at radius 3 is 2.83 bits per heavy atom. The molecule has 0 saturated carbocycles. The van der Waals surface area contributed by atoms with Gasteiger partial charge in [-0.2, -0.15) is 13.9 Å². The lowest BCUT2D eigenvalue weighted by atomic mass is 9.95. The molecule has 1 N–H and O–H groups in total. The molecule has 35 heavy (non-hydrogen) atoms. The number of rotatable bonds is 6. The van der Waals surface area contributed by atoms with Crippen LogP contribution in [0.5, 0.6) is 0 Å². The van der Waals surface area contributed by atoms with Gasteiger partial charge in [0, 0.05) is 50.2 Å². The number of piperidine rings is 1. The molecular formula is C23H23BF2N6O2S. The first kappa shape index (κ1) is 23.4. The first-order chi connectivity index (χ1) is 16.8. The highest BCUT2D eigenvalue weighted by Crippen LogP contribution is 2.31. The quantitative estimate of drug-likeness (QED) is 0.410. The number of pyridine rings is 1. The lowest BCUT2D eigenvalue weighted by Crippen LogP contribution is -2.39. The molecule has 5 rings (SSSR count). The molecule has 0 spiro atoms. The van der Waals surface area contributed by atoms with Gasteiger partial charge in [-0.3, -0.25) is 4.98 Å². The van der Waals surface area contributed by atoms with E-state index < -0.39 is 26.6 Å². The van der Waals surface area contributed by atoms with E-state index in [2.05, 4.69) is 15.4 Å². The Kier molecular flexibility index (Phi) is 6.24. The van der Waals surface area contributed by atoms with Crippen LogP contribution in [0.25, 0.3) is 5.65 Å². The van der Waals surface area contributed by atoms with Crippen LogP contribution in [-0.2, 0) is 16.6 Å². The zero-order chi connectivity index (χ0) is 24.6. The molecule has 4 heterocycles. The monoisotopic (exact) mass is 496 g/mol. The zero-order valence-electron chi connectivity index (χ0n) is 19.0. The summed E-state index contributed by atoms with van der Waals surface area (Å²) in [6.45, 7) is 0.876. The third-order valence-electron chi connectivity index (χ3n) is 6.18. The van der Waals surface area contributed by atoms with Crippen LogP contribution in [0.3, 0.4) is 0 Å². The topological polar surface area (TPSA) is 92.5 Å². The van der Waals surface area contributed by atoms with Gasteiger partial charge in [0.15, 0.2) is 5.65 Å². The maximum atomic E-state index is 14.3. The van der Waals surface area contributed by atoms with E-state index in [1.807, 2.05) is 26.0 Å². The van der Waals surface area contributed by atoms with Crippen molar-refractivity contribution in [2.45, 2.75) is 30.2 Å². The van der Waals surface area contributed by atoms with Crippen molar-refractivity contribution in [1.82, 2.24) is 23.9 Å². The van der Waals surface area contributed by atoms with E-state index in [4.69, 9.17) is 4.98 Å². The number of anilines is 1. The van der Waals surface area contributed by atoms with Crippen LogP contribution >= 0.6 is 0 Å². The number of sulfonamides is 1. The van der Waals surface area contributed by atoms with Crippen molar-refractivity contribution in [3.8, 4) is 0 Å². The van der Waals surface area contributed by atoms with Gasteiger partial charge in [-0.05, 0) is 48.1 Å². The van der Waals surface area contributed by atoms with Gasteiger partial charge in [-0.25, -0.2) is 22.2 Å². The number of aromatic nitrogens is 4. The van der Waals surface area contributed by atoms with Crippen LogP contribution in [0.2, 0.25) is 0 Å². The first-order valence-electron chi connectivity index (χ1n) is 11.3. The fraction of sp³-hybridized carbons (Fsp3) is 0.261. The summed E-state index contributed by atoms with van der Waals surface area (Å²) in [6, 6.07) is 8.17. The fourth-order valence-electron chi connectivity index (χ4n) is 4.34. The Morgan fingerprint density at radius 1 is 1.17 bits per heavy atom. The van der Waals surface area contributed by atoms with Crippen molar-refractivity contribution in [3.63, 3.8) is 0 Å². The minimum atomic E-state index is -4.20. The van der Waals surface area contributed by atoms with Gasteiger partial charge in [0.25, 0.3) is 0 Å². The van der Waals surface area contributed by atoms with E-state index in [1.165, 1.54) is 4.31 Å². The van der Waals surface area contributed by atoms with Gasteiger partial charge >= 0.3 is 0 Å². The average Bonchev–Trinajstić information content (AvgIpc) is 3.25. The van der Waals surface area contributed by atoms with E-state index in [-0.39, 0.29) is 19.0 Å². The number of benzene rings is 1. The number of nitrogens with zero attached hydrogens (tertiary/aromatic N) is 5. The number of fused-ring (bicyclic) bond motifs is 1. The molecule has 3 aromatic heterocycles. The molecule has 1 saturated heterocycles. The van der Waals surface area contributed by atoms with Gasteiger partial charge in [-0.15, -0.1) is 0 Å². The van der Waals surface area contributed by atoms with E-state index in [1.54, 1.807) is 23.1 Å². The molecule has 0 radical (unpaired) electrons. The third kappa shape index (κ3) is 4.63. The Bertz CT molecular complexity index is 1480.